The van der Waals surface area contributed by atoms with Crippen LogP contribution in [0, 0.1) is 16.5 Å². The van der Waals surface area contributed by atoms with Gasteiger partial charge in [0.05, 0.1) is 13.2 Å². The van der Waals surface area contributed by atoms with Crippen molar-refractivity contribution in [2.45, 2.75) is 45.8 Å². The van der Waals surface area contributed by atoms with Gasteiger partial charge in [0.1, 0.15) is 0 Å². The first-order chi connectivity index (χ1) is 8.19. The Morgan fingerprint density at radius 2 is 1.94 bits per heavy atom. The topological polar surface area (TPSA) is 61.6 Å². The molecule has 1 fully saturated rings. The van der Waals surface area contributed by atoms with E-state index in [1.807, 2.05) is 0 Å². The molecule has 0 radical (unpaired) electrons. The van der Waals surface area contributed by atoms with E-state index >= 15 is 0 Å². The molecular formula is C12H22NO4P. The van der Waals surface area contributed by atoms with E-state index in [0.29, 0.717) is 26.1 Å². The van der Waals surface area contributed by atoms with Gasteiger partial charge in [-0.1, -0.05) is 20.8 Å². The standard InChI is InChI=1S/C12H22NO4P/c1-11(2,3)10-8-16-18(15,17-9-10)12(4)6-5-7-13(12)14/h7,10H,5-6,8-9H2,1-4H3. The van der Waals surface area contributed by atoms with Gasteiger partial charge in [0.2, 0.25) is 0 Å². The molecule has 1 saturated heterocycles. The van der Waals surface area contributed by atoms with Crippen molar-refractivity contribution in [1.29, 1.82) is 0 Å². The van der Waals surface area contributed by atoms with Crippen LogP contribution in [0.2, 0.25) is 0 Å². The molecule has 5 nitrogen and oxygen atoms in total. The predicted molar refractivity (Wildman–Crippen MR) is 69.8 cm³/mol. The highest BCUT2D eigenvalue weighted by atomic mass is 31.2. The molecule has 0 aromatic rings. The van der Waals surface area contributed by atoms with Crippen LogP contribution in [0.5, 0.6) is 0 Å². The fourth-order valence-corrected chi connectivity index (χ4v) is 4.37. The van der Waals surface area contributed by atoms with Gasteiger partial charge in [0, 0.05) is 25.7 Å². The SMILES string of the molecule is CC(C)(C)C1COP(=O)(C2(C)CCC=[N+]2[O-])OC1. The van der Waals surface area contributed by atoms with Crippen LogP contribution in [-0.2, 0) is 13.6 Å². The van der Waals surface area contributed by atoms with Crippen molar-refractivity contribution in [3.63, 3.8) is 0 Å². The van der Waals surface area contributed by atoms with Crippen molar-refractivity contribution in [2.24, 2.45) is 11.3 Å². The first-order valence-electron chi connectivity index (χ1n) is 6.38. The fraction of sp³-hybridized carbons (Fsp3) is 0.917. The van der Waals surface area contributed by atoms with Crippen LogP contribution in [0.4, 0.5) is 0 Å². The van der Waals surface area contributed by atoms with Crippen LogP contribution in [0.15, 0.2) is 0 Å². The molecule has 1 unspecified atom stereocenters. The first kappa shape index (κ1) is 14.0. The Kier molecular flexibility index (Phi) is 3.37. The second-order valence-electron chi connectivity index (χ2n) is 6.42. The molecule has 0 N–H and O–H groups in total. The molecule has 2 rings (SSSR count). The molecule has 0 bridgehead atoms. The van der Waals surface area contributed by atoms with E-state index in [0.717, 1.165) is 4.74 Å². The Morgan fingerprint density at radius 1 is 1.39 bits per heavy atom. The Morgan fingerprint density at radius 3 is 2.33 bits per heavy atom. The van der Waals surface area contributed by atoms with Gasteiger partial charge in [-0.25, -0.2) is 0 Å². The average Bonchev–Trinajstić information content (AvgIpc) is 2.60. The minimum Gasteiger partial charge on any atom is -0.623 e. The number of nitrogens with zero attached hydrogens (tertiary/aromatic N) is 1. The van der Waals surface area contributed by atoms with Crippen LogP contribution in [0.25, 0.3) is 0 Å². The summed E-state index contributed by atoms with van der Waals surface area (Å²) in [7, 11) is -3.35. The highest BCUT2D eigenvalue weighted by Crippen LogP contribution is 2.65. The third-order valence-electron chi connectivity index (χ3n) is 4.09. The molecule has 1 atom stereocenters. The van der Waals surface area contributed by atoms with Crippen LogP contribution in [0.1, 0.15) is 40.5 Å². The molecule has 0 aliphatic carbocycles. The molecule has 2 heterocycles. The summed E-state index contributed by atoms with van der Waals surface area (Å²) in [5, 5.41) is 10.8. The zero-order valence-corrected chi connectivity index (χ0v) is 12.4. The van der Waals surface area contributed by atoms with E-state index in [9.17, 15) is 9.77 Å². The van der Waals surface area contributed by atoms with Gasteiger partial charge in [0.15, 0.2) is 6.21 Å². The van der Waals surface area contributed by atoms with E-state index in [4.69, 9.17) is 9.05 Å². The van der Waals surface area contributed by atoms with Gasteiger partial charge in [-0.3, -0.25) is 4.57 Å². The van der Waals surface area contributed by atoms with E-state index in [1.165, 1.54) is 6.21 Å². The van der Waals surface area contributed by atoms with Crippen molar-refractivity contribution < 1.29 is 18.4 Å². The monoisotopic (exact) mass is 275 g/mol. The van der Waals surface area contributed by atoms with Crippen molar-refractivity contribution in [3.05, 3.63) is 5.21 Å². The minimum atomic E-state index is -3.35. The van der Waals surface area contributed by atoms with Crippen molar-refractivity contribution >= 4 is 13.8 Å². The molecular weight excluding hydrogens is 253 g/mol. The van der Waals surface area contributed by atoms with Gasteiger partial charge in [-0.15, -0.1) is 0 Å². The maximum Gasteiger partial charge on any atom is 0.401 e. The molecule has 0 spiro atoms. The lowest BCUT2D eigenvalue weighted by Crippen LogP contribution is -2.40. The third-order valence-corrected chi connectivity index (χ3v) is 6.67. The lowest BCUT2D eigenvalue weighted by Gasteiger charge is -2.40. The zero-order chi connectivity index (χ0) is 13.6. The van der Waals surface area contributed by atoms with Crippen molar-refractivity contribution in [2.75, 3.05) is 13.2 Å². The number of hydroxylamine groups is 1. The van der Waals surface area contributed by atoms with Crippen molar-refractivity contribution in [3.8, 4) is 0 Å². The molecule has 2 aliphatic heterocycles. The summed E-state index contributed by atoms with van der Waals surface area (Å²) < 4.78 is 24.6. The lowest BCUT2D eigenvalue weighted by atomic mass is 9.82. The second-order valence-corrected chi connectivity index (χ2v) is 8.89. The summed E-state index contributed by atoms with van der Waals surface area (Å²) in [6.07, 6.45) is 2.66. The minimum absolute atomic E-state index is 0.0467. The van der Waals surface area contributed by atoms with E-state index in [2.05, 4.69) is 20.8 Å². The zero-order valence-electron chi connectivity index (χ0n) is 11.5. The fourth-order valence-electron chi connectivity index (χ4n) is 2.26. The number of rotatable bonds is 1. The largest absolute Gasteiger partial charge is 0.623 e. The average molecular weight is 275 g/mol. The molecule has 0 saturated carbocycles. The van der Waals surface area contributed by atoms with Gasteiger partial charge in [-0.05, 0) is 5.41 Å². The molecule has 0 aromatic carbocycles. The van der Waals surface area contributed by atoms with Crippen LogP contribution in [-0.4, -0.2) is 29.4 Å². The van der Waals surface area contributed by atoms with Crippen LogP contribution >= 0.6 is 7.60 Å². The first-order valence-corrected chi connectivity index (χ1v) is 7.92. The predicted octanol–water partition coefficient (Wildman–Crippen LogP) is 2.98. The normalized spacial score (nSPS) is 41.8. The van der Waals surface area contributed by atoms with Gasteiger partial charge < -0.3 is 14.3 Å². The molecule has 2 aliphatic rings. The summed E-state index contributed by atoms with van der Waals surface area (Å²) in [4.78, 5) is 0. The summed E-state index contributed by atoms with van der Waals surface area (Å²) in [6.45, 7) is 8.76. The Bertz CT molecular complexity index is 403. The maximum atomic E-state index is 12.7. The summed E-state index contributed by atoms with van der Waals surface area (Å²) in [6, 6.07) is 0. The molecule has 0 amide bonds. The van der Waals surface area contributed by atoms with E-state index in [-0.39, 0.29) is 11.3 Å². The Labute approximate surface area is 108 Å². The summed E-state index contributed by atoms with van der Waals surface area (Å²) in [5.74, 6) is 0.202. The van der Waals surface area contributed by atoms with Gasteiger partial charge >= 0.3 is 7.60 Å². The Hall–Kier alpha value is -0.380. The van der Waals surface area contributed by atoms with E-state index < -0.39 is 12.9 Å². The van der Waals surface area contributed by atoms with E-state index in [1.54, 1.807) is 6.92 Å². The summed E-state index contributed by atoms with van der Waals surface area (Å²) >= 11 is 0. The molecule has 0 aromatic heterocycles. The quantitative estimate of drug-likeness (QED) is 0.419. The smallest absolute Gasteiger partial charge is 0.401 e. The van der Waals surface area contributed by atoms with Gasteiger partial charge in [0.25, 0.3) is 5.28 Å². The Balaban J connectivity index is 2.13. The number of hydrogen-bond acceptors (Lipinski definition) is 4. The highest BCUT2D eigenvalue weighted by Gasteiger charge is 2.59. The lowest BCUT2D eigenvalue weighted by molar-refractivity contribution is -0.507. The molecule has 6 heteroatoms. The van der Waals surface area contributed by atoms with Crippen LogP contribution < -0.4 is 0 Å². The molecule has 104 valence electrons. The van der Waals surface area contributed by atoms with Crippen molar-refractivity contribution in [1.82, 2.24) is 0 Å². The second kappa shape index (κ2) is 4.32. The maximum absolute atomic E-state index is 12.7. The van der Waals surface area contributed by atoms with Gasteiger partial charge in [-0.2, -0.15) is 4.74 Å². The van der Waals surface area contributed by atoms with Crippen LogP contribution in [0.3, 0.4) is 0 Å². The third kappa shape index (κ3) is 2.13. The summed E-state index contributed by atoms with van der Waals surface area (Å²) in [5.41, 5.74) is 0.0467. The molecule has 18 heavy (non-hydrogen) atoms. The highest BCUT2D eigenvalue weighted by molar-refractivity contribution is 7.55. The number of hydrogen-bond donors (Lipinski definition) is 0.